The fourth-order valence-corrected chi connectivity index (χ4v) is 2.83. The van der Waals surface area contributed by atoms with Crippen LogP contribution in [0.5, 0.6) is 0 Å². The number of hydrogen-bond donors (Lipinski definition) is 1. The number of rotatable bonds is 10. The van der Waals surface area contributed by atoms with Gasteiger partial charge >= 0.3 is 12.1 Å². The molecule has 8 nitrogen and oxygen atoms in total. The molecule has 0 aliphatic carbocycles. The summed E-state index contributed by atoms with van der Waals surface area (Å²) >= 11 is 0. The molecule has 2 aromatic rings. The van der Waals surface area contributed by atoms with Gasteiger partial charge in [-0.1, -0.05) is 60.7 Å². The van der Waals surface area contributed by atoms with Gasteiger partial charge in [-0.25, -0.2) is 9.59 Å². The van der Waals surface area contributed by atoms with E-state index in [1.807, 2.05) is 60.7 Å². The summed E-state index contributed by atoms with van der Waals surface area (Å²) in [4.78, 5) is 39.1. The molecular weight excluding hydrogens is 436 g/mol. The van der Waals surface area contributed by atoms with Gasteiger partial charge in [0.05, 0.1) is 13.2 Å². The minimum atomic E-state index is -1.05. The molecule has 0 saturated heterocycles. The predicted molar refractivity (Wildman–Crippen MR) is 128 cm³/mol. The highest BCUT2D eigenvalue weighted by atomic mass is 16.6. The standard InChI is InChI=1S/C26H34N2O6/c1-19(28(5)25(31)34-26(2,3)4)23(29)27-22(18-32-16-20-12-8-6-9-13-20)24(30)33-17-21-14-10-7-11-15-21/h6-15,19,22H,16-18H2,1-5H3,(H,27,29)/t19-,22-/m0/s1. The smallest absolute Gasteiger partial charge is 0.410 e. The lowest BCUT2D eigenvalue weighted by Crippen LogP contribution is -2.53. The van der Waals surface area contributed by atoms with E-state index in [0.29, 0.717) is 0 Å². The minimum Gasteiger partial charge on any atom is -0.459 e. The summed E-state index contributed by atoms with van der Waals surface area (Å²) in [6, 6.07) is 16.8. The number of likely N-dealkylation sites (N-methyl/N-ethyl adjacent to an activating group) is 1. The third-order valence-electron chi connectivity index (χ3n) is 4.86. The molecule has 1 N–H and O–H groups in total. The summed E-state index contributed by atoms with van der Waals surface area (Å²) in [6.07, 6.45) is -0.640. The van der Waals surface area contributed by atoms with Gasteiger partial charge in [0.1, 0.15) is 18.2 Å². The lowest BCUT2D eigenvalue weighted by molar-refractivity contribution is -0.151. The van der Waals surface area contributed by atoms with Crippen LogP contribution < -0.4 is 5.32 Å². The average molecular weight is 471 g/mol. The fraction of sp³-hybridized carbons (Fsp3) is 0.423. The van der Waals surface area contributed by atoms with Crippen molar-refractivity contribution in [1.29, 1.82) is 0 Å². The van der Waals surface area contributed by atoms with Crippen molar-refractivity contribution in [3.05, 3.63) is 71.8 Å². The van der Waals surface area contributed by atoms with Crippen molar-refractivity contribution in [2.75, 3.05) is 13.7 Å². The molecule has 2 rings (SSSR count). The van der Waals surface area contributed by atoms with Crippen molar-refractivity contribution in [3.63, 3.8) is 0 Å². The van der Waals surface area contributed by atoms with Gasteiger partial charge in [0, 0.05) is 7.05 Å². The maximum Gasteiger partial charge on any atom is 0.410 e. The van der Waals surface area contributed by atoms with Crippen LogP contribution in [-0.2, 0) is 37.0 Å². The highest BCUT2D eigenvalue weighted by Crippen LogP contribution is 2.11. The molecule has 8 heteroatoms. The molecule has 0 heterocycles. The second kappa shape index (κ2) is 12.7. The molecule has 0 aliphatic heterocycles. The van der Waals surface area contributed by atoms with E-state index in [1.165, 1.54) is 11.9 Å². The maximum atomic E-state index is 12.9. The van der Waals surface area contributed by atoms with Crippen molar-refractivity contribution >= 4 is 18.0 Å². The number of carbonyl (C=O) groups is 3. The van der Waals surface area contributed by atoms with Crippen LogP contribution in [0.25, 0.3) is 0 Å². The number of benzene rings is 2. The number of esters is 1. The van der Waals surface area contributed by atoms with Gasteiger partial charge in [-0.3, -0.25) is 9.69 Å². The van der Waals surface area contributed by atoms with E-state index in [0.717, 1.165) is 11.1 Å². The zero-order valence-electron chi connectivity index (χ0n) is 20.4. The molecule has 34 heavy (non-hydrogen) atoms. The third kappa shape index (κ3) is 9.23. The van der Waals surface area contributed by atoms with Crippen molar-refractivity contribution < 1.29 is 28.6 Å². The van der Waals surface area contributed by atoms with Crippen molar-refractivity contribution in [3.8, 4) is 0 Å². The van der Waals surface area contributed by atoms with Crippen LogP contribution in [0.1, 0.15) is 38.8 Å². The van der Waals surface area contributed by atoms with Gasteiger partial charge in [-0.15, -0.1) is 0 Å². The van der Waals surface area contributed by atoms with Crippen molar-refractivity contribution in [2.45, 2.75) is 58.6 Å². The Labute approximate surface area is 201 Å². The second-order valence-electron chi connectivity index (χ2n) is 8.92. The van der Waals surface area contributed by atoms with Crippen LogP contribution in [-0.4, -0.2) is 54.2 Å². The Bertz CT molecular complexity index is 927. The van der Waals surface area contributed by atoms with Gasteiger partial charge in [-0.05, 0) is 38.8 Å². The van der Waals surface area contributed by atoms with E-state index in [-0.39, 0.29) is 19.8 Å². The lowest BCUT2D eigenvalue weighted by Gasteiger charge is -2.29. The highest BCUT2D eigenvalue weighted by molar-refractivity contribution is 5.89. The summed E-state index contributed by atoms with van der Waals surface area (Å²) in [5.74, 6) is -1.16. The highest BCUT2D eigenvalue weighted by Gasteiger charge is 2.30. The molecule has 2 amide bonds. The second-order valence-corrected chi connectivity index (χ2v) is 8.92. The Balaban J connectivity index is 2.01. The molecule has 0 unspecified atom stereocenters. The van der Waals surface area contributed by atoms with E-state index in [9.17, 15) is 14.4 Å². The molecule has 0 fully saturated rings. The van der Waals surface area contributed by atoms with E-state index >= 15 is 0 Å². The summed E-state index contributed by atoms with van der Waals surface area (Å²) in [6.45, 7) is 7.03. The molecular formula is C26H34N2O6. The number of nitrogens with zero attached hydrogens (tertiary/aromatic N) is 1. The molecule has 0 radical (unpaired) electrons. The summed E-state index contributed by atoms with van der Waals surface area (Å²) in [7, 11) is 1.47. The molecule has 2 atom stereocenters. The largest absolute Gasteiger partial charge is 0.459 e. The van der Waals surface area contributed by atoms with Crippen LogP contribution in [0.3, 0.4) is 0 Å². The van der Waals surface area contributed by atoms with Crippen molar-refractivity contribution in [1.82, 2.24) is 10.2 Å². The van der Waals surface area contributed by atoms with Gasteiger partial charge in [-0.2, -0.15) is 0 Å². The Hall–Kier alpha value is -3.39. The normalized spacial score (nSPS) is 12.9. The van der Waals surface area contributed by atoms with E-state index in [2.05, 4.69) is 5.32 Å². The lowest BCUT2D eigenvalue weighted by atomic mass is 10.2. The molecule has 0 aliphatic rings. The molecule has 2 aromatic carbocycles. The van der Waals surface area contributed by atoms with Crippen LogP contribution in [0.15, 0.2) is 60.7 Å². The zero-order chi connectivity index (χ0) is 25.1. The summed E-state index contributed by atoms with van der Waals surface area (Å²) < 4.78 is 16.4. The number of hydrogen-bond acceptors (Lipinski definition) is 6. The first-order valence-corrected chi connectivity index (χ1v) is 11.1. The first kappa shape index (κ1) is 26.9. The van der Waals surface area contributed by atoms with Crippen LogP contribution >= 0.6 is 0 Å². The zero-order valence-corrected chi connectivity index (χ0v) is 20.4. The Morgan fingerprint density at radius 3 is 1.97 bits per heavy atom. The van der Waals surface area contributed by atoms with Gasteiger partial charge in [0.2, 0.25) is 5.91 Å². The van der Waals surface area contributed by atoms with E-state index in [1.54, 1.807) is 27.7 Å². The molecule has 0 bridgehead atoms. The summed E-state index contributed by atoms with van der Waals surface area (Å²) in [5, 5.41) is 2.65. The molecule has 184 valence electrons. The quantitative estimate of drug-likeness (QED) is 0.533. The van der Waals surface area contributed by atoms with E-state index in [4.69, 9.17) is 14.2 Å². The van der Waals surface area contributed by atoms with Crippen molar-refractivity contribution in [2.24, 2.45) is 0 Å². The number of ether oxygens (including phenoxy) is 3. The topological polar surface area (TPSA) is 94.2 Å². The van der Waals surface area contributed by atoms with Gasteiger partial charge in [0.15, 0.2) is 6.04 Å². The number of amides is 2. The number of carbonyl (C=O) groups excluding carboxylic acids is 3. The Morgan fingerprint density at radius 2 is 1.44 bits per heavy atom. The molecule has 0 saturated carbocycles. The first-order chi connectivity index (χ1) is 16.1. The third-order valence-corrected chi connectivity index (χ3v) is 4.86. The van der Waals surface area contributed by atoms with Crippen LogP contribution in [0.4, 0.5) is 4.79 Å². The van der Waals surface area contributed by atoms with Gasteiger partial charge < -0.3 is 19.5 Å². The SMILES string of the molecule is C[C@@H](C(=O)N[C@@H](COCc1ccccc1)C(=O)OCc1ccccc1)N(C)C(=O)OC(C)(C)C. The van der Waals surface area contributed by atoms with Gasteiger partial charge in [0.25, 0.3) is 0 Å². The van der Waals surface area contributed by atoms with Crippen LogP contribution in [0, 0.1) is 0 Å². The molecule has 0 aromatic heterocycles. The fourth-order valence-electron chi connectivity index (χ4n) is 2.83. The number of nitrogens with one attached hydrogen (secondary N) is 1. The minimum absolute atomic E-state index is 0.0676. The first-order valence-electron chi connectivity index (χ1n) is 11.1. The van der Waals surface area contributed by atoms with E-state index < -0.39 is 35.7 Å². The predicted octanol–water partition coefficient (Wildman–Crippen LogP) is 3.69. The maximum absolute atomic E-state index is 12.9. The molecule has 0 spiro atoms. The van der Waals surface area contributed by atoms with Crippen LogP contribution in [0.2, 0.25) is 0 Å². The monoisotopic (exact) mass is 470 g/mol. The Kier molecular flexibility index (Phi) is 10.1. The summed E-state index contributed by atoms with van der Waals surface area (Å²) in [5.41, 5.74) is 1.06. The average Bonchev–Trinajstić information content (AvgIpc) is 2.81. The Morgan fingerprint density at radius 1 is 0.912 bits per heavy atom.